The van der Waals surface area contributed by atoms with Gasteiger partial charge in [0.25, 0.3) is 0 Å². The largest absolute Gasteiger partial charge is 0.350 e. The van der Waals surface area contributed by atoms with E-state index in [4.69, 9.17) is 0 Å². The van der Waals surface area contributed by atoms with Crippen molar-refractivity contribution in [2.24, 2.45) is 0 Å². The van der Waals surface area contributed by atoms with Gasteiger partial charge in [0.2, 0.25) is 5.91 Å². The molecule has 150 valence electrons. The van der Waals surface area contributed by atoms with E-state index in [1.807, 2.05) is 24.3 Å². The van der Waals surface area contributed by atoms with Crippen LogP contribution in [0.5, 0.6) is 0 Å². The Hall–Kier alpha value is -3.07. The van der Waals surface area contributed by atoms with Crippen molar-refractivity contribution < 1.29 is 13.6 Å². The Kier molecular flexibility index (Phi) is 5.14. The Bertz CT molecular complexity index is 1140. The molecule has 0 saturated heterocycles. The summed E-state index contributed by atoms with van der Waals surface area (Å²) in [6, 6.07) is 13.1. The zero-order valence-corrected chi connectivity index (χ0v) is 16.6. The number of nitrogens with zero attached hydrogens (tertiary/aromatic N) is 3. The minimum Gasteiger partial charge on any atom is -0.350 e. The quantitative estimate of drug-likeness (QED) is 0.478. The van der Waals surface area contributed by atoms with Crippen LogP contribution in [0.1, 0.15) is 32.3 Å². The fourth-order valence-electron chi connectivity index (χ4n) is 3.16. The predicted molar refractivity (Wildman–Crippen MR) is 110 cm³/mol. The predicted octanol–water partition coefficient (Wildman–Crippen LogP) is 4.72. The van der Waals surface area contributed by atoms with Crippen molar-refractivity contribution in [3.63, 3.8) is 0 Å². The van der Waals surface area contributed by atoms with Crippen LogP contribution in [0, 0.1) is 0 Å². The fourth-order valence-corrected chi connectivity index (χ4v) is 4.11. The molecule has 0 saturated carbocycles. The van der Waals surface area contributed by atoms with E-state index in [-0.39, 0.29) is 11.7 Å². The molecule has 2 atom stereocenters. The number of aromatic nitrogens is 3. The van der Waals surface area contributed by atoms with Crippen LogP contribution in [-0.2, 0) is 4.79 Å². The molecule has 0 aliphatic heterocycles. The molecule has 0 spiro atoms. The number of imidazole rings is 1. The number of hydrogen-bond acceptors (Lipinski definition) is 5. The number of carbonyl (C=O) groups excluding carboxylic acids is 1. The van der Waals surface area contributed by atoms with Crippen molar-refractivity contribution >= 4 is 43.6 Å². The van der Waals surface area contributed by atoms with Crippen molar-refractivity contribution in [2.75, 3.05) is 5.32 Å². The van der Waals surface area contributed by atoms with Crippen LogP contribution in [0.25, 0.3) is 21.3 Å². The minimum atomic E-state index is -2.75. The van der Waals surface area contributed by atoms with E-state index >= 15 is 0 Å². The Labute approximate surface area is 169 Å². The van der Waals surface area contributed by atoms with Crippen LogP contribution in [0.15, 0.2) is 48.5 Å². The lowest BCUT2D eigenvalue weighted by molar-refractivity contribution is -0.122. The molecule has 4 aromatic rings. The number of hydrogen-bond donors (Lipinski definition) is 2. The van der Waals surface area contributed by atoms with E-state index in [1.54, 1.807) is 38.1 Å². The summed E-state index contributed by atoms with van der Waals surface area (Å²) in [5.41, 5.74) is 1.65. The molecule has 0 radical (unpaired) electrons. The van der Waals surface area contributed by atoms with Gasteiger partial charge in [0, 0.05) is 0 Å². The smallest absolute Gasteiger partial charge is 0.320 e. The lowest BCUT2D eigenvalue weighted by atomic mass is 10.2. The first-order valence-corrected chi connectivity index (χ1v) is 9.93. The van der Waals surface area contributed by atoms with Crippen LogP contribution in [0.3, 0.4) is 0 Å². The summed E-state index contributed by atoms with van der Waals surface area (Å²) in [6.45, 7) is 0.585. The van der Waals surface area contributed by atoms with Gasteiger partial charge in [-0.05, 0) is 38.1 Å². The second-order valence-electron chi connectivity index (χ2n) is 6.69. The van der Waals surface area contributed by atoms with E-state index in [2.05, 4.69) is 20.6 Å². The maximum Gasteiger partial charge on any atom is 0.320 e. The highest BCUT2D eigenvalue weighted by Crippen LogP contribution is 2.27. The van der Waals surface area contributed by atoms with Gasteiger partial charge in [-0.1, -0.05) is 35.6 Å². The second kappa shape index (κ2) is 7.75. The zero-order valence-electron chi connectivity index (χ0n) is 15.8. The van der Waals surface area contributed by atoms with E-state index in [9.17, 15) is 13.6 Å². The van der Waals surface area contributed by atoms with Gasteiger partial charge in [-0.15, -0.1) is 0 Å². The molecule has 0 unspecified atom stereocenters. The van der Waals surface area contributed by atoms with Gasteiger partial charge in [-0.25, -0.2) is 9.97 Å². The van der Waals surface area contributed by atoms with Crippen LogP contribution in [0.2, 0.25) is 0 Å². The molecule has 0 aliphatic carbocycles. The Morgan fingerprint density at radius 2 is 1.72 bits per heavy atom. The third kappa shape index (κ3) is 3.77. The average Bonchev–Trinajstić information content (AvgIpc) is 3.28. The number of benzene rings is 2. The third-order valence-corrected chi connectivity index (χ3v) is 5.56. The van der Waals surface area contributed by atoms with Crippen LogP contribution >= 0.6 is 11.3 Å². The third-order valence-electron chi connectivity index (χ3n) is 4.59. The van der Waals surface area contributed by atoms with Gasteiger partial charge in [-0.3, -0.25) is 9.36 Å². The number of carbonyl (C=O) groups is 1. The highest BCUT2D eigenvalue weighted by atomic mass is 32.1. The van der Waals surface area contributed by atoms with Crippen molar-refractivity contribution in [2.45, 2.75) is 32.5 Å². The van der Waals surface area contributed by atoms with Gasteiger partial charge < -0.3 is 10.6 Å². The summed E-state index contributed by atoms with van der Waals surface area (Å²) in [5.74, 6) is -0.216. The summed E-state index contributed by atoms with van der Waals surface area (Å²) in [5, 5.41) is 6.46. The molecule has 6 nitrogen and oxygen atoms in total. The monoisotopic (exact) mass is 415 g/mol. The van der Waals surface area contributed by atoms with E-state index < -0.39 is 18.6 Å². The van der Waals surface area contributed by atoms with Crippen molar-refractivity contribution in [3.8, 4) is 0 Å². The number of halogens is 2. The summed E-state index contributed by atoms with van der Waals surface area (Å²) in [4.78, 5) is 21.4. The van der Waals surface area contributed by atoms with Gasteiger partial charge >= 0.3 is 6.55 Å². The number of fused-ring (bicyclic) bond motifs is 2. The summed E-state index contributed by atoms with van der Waals surface area (Å²) in [6.07, 6.45) is 0. The molecule has 9 heteroatoms. The number of para-hydroxylation sites is 3. The molecule has 1 amide bonds. The average molecular weight is 415 g/mol. The van der Waals surface area contributed by atoms with Crippen molar-refractivity contribution in [1.82, 2.24) is 19.9 Å². The molecule has 4 rings (SSSR count). The SMILES string of the molecule is C[C@H](Nc1nc2ccccc2s1)C(=O)N[C@@H](C)c1nc2ccccc2n1C(F)F. The molecule has 2 aromatic carbocycles. The Morgan fingerprint density at radius 1 is 1.03 bits per heavy atom. The minimum absolute atomic E-state index is 0.113. The van der Waals surface area contributed by atoms with E-state index in [0.717, 1.165) is 14.8 Å². The second-order valence-corrected chi connectivity index (χ2v) is 7.72. The van der Waals surface area contributed by atoms with Crippen LogP contribution in [0.4, 0.5) is 13.9 Å². The normalized spacial score (nSPS) is 13.7. The topological polar surface area (TPSA) is 71.8 Å². The molecule has 2 aromatic heterocycles. The first-order chi connectivity index (χ1) is 13.9. The number of nitrogens with one attached hydrogen (secondary N) is 2. The standard InChI is InChI=1S/C20H19F2N5OS/c1-11(17-25-13-7-3-5-9-15(13)27(17)19(21)22)23-18(28)12(2)24-20-26-14-8-4-6-10-16(14)29-20/h3-12,19H,1-2H3,(H,23,28)(H,24,26)/t11-,12-/m0/s1. The van der Waals surface area contributed by atoms with E-state index in [0.29, 0.717) is 16.2 Å². The van der Waals surface area contributed by atoms with Gasteiger partial charge in [-0.2, -0.15) is 8.78 Å². The highest BCUT2D eigenvalue weighted by Gasteiger charge is 2.24. The number of anilines is 1. The molecular formula is C20H19F2N5OS. The van der Waals surface area contributed by atoms with Crippen LogP contribution in [-0.4, -0.2) is 26.5 Å². The summed E-state index contributed by atoms with van der Waals surface area (Å²) < 4.78 is 29.1. The molecular weight excluding hydrogens is 396 g/mol. The highest BCUT2D eigenvalue weighted by molar-refractivity contribution is 7.22. The number of alkyl halides is 2. The number of thiazole rings is 1. The van der Waals surface area contributed by atoms with Crippen molar-refractivity contribution in [1.29, 1.82) is 0 Å². The fraction of sp³-hybridized carbons (Fsp3) is 0.250. The Morgan fingerprint density at radius 3 is 2.45 bits per heavy atom. The van der Waals surface area contributed by atoms with Gasteiger partial charge in [0.1, 0.15) is 11.9 Å². The molecule has 2 heterocycles. The molecule has 0 fully saturated rings. The molecule has 0 bridgehead atoms. The summed E-state index contributed by atoms with van der Waals surface area (Å²) in [7, 11) is 0. The number of amides is 1. The van der Waals surface area contributed by atoms with Crippen LogP contribution < -0.4 is 10.6 Å². The van der Waals surface area contributed by atoms with E-state index in [1.165, 1.54) is 11.3 Å². The lowest BCUT2D eigenvalue weighted by Gasteiger charge is -2.19. The van der Waals surface area contributed by atoms with Crippen molar-refractivity contribution in [3.05, 3.63) is 54.4 Å². The molecule has 0 aliphatic rings. The van der Waals surface area contributed by atoms with Gasteiger partial charge in [0.15, 0.2) is 5.13 Å². The summed E-state index contributed by atoms with van der Waals surface area (Å²) >= 11 is 1.45. The maximum atomic E-state index is 13.6. The molecule has 29 heavy (non-hydrogen) atoms. The maximum absolute atomic E-state index is 13.6. The first-order valence-electron chi connectivity index (χ1n) is 9.11. The molecule has 2 N–H and O–H groups in total. The van der Waals surface area contributed by atoms with Gasteiger partial charge in [0.05, 0.1) is 27.3 Å². The Balaban J connectivity index is 1.50. The lowest BCUT2D eigenvalue weighted by Crippen LogP contribution is -2.39. The zero-order chi connectivity index (χ0) is 20.5. The first kappa shape index (κ1) is 19.3. The number of rotatable bonds is 6.